The minimum absolute atomic E-state index is 0.0142. The van der Waals surface area contributed by atoms with Gasteiger partial charge in [-0.2, -0.15) is 4.39 Å². The minimum Gasteiger partial charge on any atom is -0.436 e. The predicted molar refractivity (Wildman–Crippen MR) is 140 cm³/mol. The van der Waals surface area contributed by atoms with Crippen LogP contribution in [-0.2, 0) is 6.42 Å². The van der Waals surface area contributed by atoms with Crippen LogP contribution < -0.4 is 10.1 Å². The Labute approximate surface area is 217 Å². The maximum absolute atomic E-state index is 15.2. The zero-order valence-corrected chi connectivity index (χ0v) is 20.9. The quantitative estimate of drug-likeness (QED) is 0.292. The van der Waals surface area contributed by atoms with Gasteiger partial charge in [0.25, 0.3) is 5.91 Å². The molecule has 10 heteroatoms. The Morgan fingerprint density at radius 3 is 2.61 bits per heavy atom. The van der Waals surface area contributed by atoms with Gasteiger partial charge in [0.1, 0.15) is 0 Å². The van der Waals surface area contributed by atoms with Crippen molar-refractivity contribution in [3.8, 4) is 22.9 Å². The van der Waals surface area contributed by atoms with E-state index in [-0.39, 0.29) is 23.1 Å². The molecule has 5 aromatic rings. The fourth-order valence-electron chi connectivity index (χ4n) is 4.09. The van der Waals surface area contributed by atoms with Crippen LogP contribution in [0.2, 0.25) is 0 Å². The van der Waals surface area contributed by atoms with Crippen LogP contribution in [0.1, 0.15) is 22.8 Å². The first kappa shape index (κ1) is 24.8. The lowest BCUT2D eigenvalue weighted by Crippen LogP contribution is -2.23. The molecule has 0 aliphatic heterocycles. The van der Waals surface area contributed by atoms with Crippen molar-refractivity contribution in [1.29, 1.82) is 0 Å². The van der Waals surface area contributed by atoms with E-state index in [1.54, 1.807) is 55.0 Å². The molecule has 1 amide bonds. The van der Waals surface area contributed by atoms with Crippen LogP contribution in [0.25, 0.3) is 16.9 Å². The third-order valence-electron chi connectivity index (χ3n) is 5.99. The standard InChI is InChI=1S/C28H24F2N6O2/c1-4-17-15-18(8-9-19(17)28(37)35(2)3)34-26-27-33-16-21(36(27)14-13-32-26)20-10-11-22(25(30)24(20)29)38-23-7-5-6-12-31-23/h5-16H,4H2,1-3H3,(H,32,34). The van der Waals surface area contributed by atoms with Gasteiger partial charge in [0, 0.05) is 55.6 Å². The van der Waals surface area contributed by atoms with Gasteiger partial charge in [0.15, 0.2) is 23.0 Å². The summed E-state index contributed by atoms with van der Waals surface area (Å²) in [4.78, 5) is 26.8. The monoisotopic (exact) mass is 514 g/mol. The van der Waals surface area contributed by atoms with Crippen molar-refractivity contribution < 1.29 is 18.3 Å². The highest BCUT2D eigenvalue weighted by Crippen LogP contribution is 2.33. The Morgan fingerprint density at radius 1 is 1.03 bits per heavy atom. The van der Waals surface area contributed by atoms with E-state index in [1.165, 1.54) is 35.6 Å². The number of nitrogens with zero attached hydrogens (tertiary/aromatic N) is 5. The summed E-state index contributed by atoms with van der Waals surface area (Å²) in [5.74, 6) is -1.97. The van der Waals surface area contributed by atoms with Crippen LogP contribution in [0.15, 0.2) is 73.3 Å². The summed E-state index contributed by atoms with van der Waals surface area (Å²) in [5, 5.41) is 3.23. The van der Waals surface area contributed by atoms with Gasteiger partial charge in [-0.05, 0) is 48.4 Å². The summed E-state index contributed by atoms with van der Waals surface area (Å²) in [6, 6.07) is 13.2. The van der Waals surface area contributed by atoms with E-state index < -0.39 is 11.6 Å². The van der Waals surface area contributed by atoms with Crippen molar-refractivity contribution in [1.82, 2.24) is 24.3 Å². The van der Waals surface area contributed by atoms with E-state index in [9.17, 15) is 9.18 Å². The summed E-state index contributed by atoms with van der Waals surface area (Å²) >= 11 is 0. The number of fused-ring (bicyclic) bond motifs is 1. The lowest BCUT2D eigenvalue weighted by atomic mass is 10.0. The Bertz CT molecular complexity index is 1640. The van der Waals surface area contributed by atoms with E-state index in [1.807, 2.05) is 13.0 Å². The number of carbonyl (C=O) groups is 1. The summed E-state index contributed by atoms with van der Waals surface area (Å²) in [7, 11) is 3.43. The lowest BCUT2D eigenvalue weighted by molar-refractivity contribution is 0.0826. The summed E-state index contributed by atoms with van der Waals surface area (Å²) in [6.45, 7) is 1.98. The molecule has 0 radical (unpaired) electrons. The molecule has 0 spiro atoms. The number of ether oxygens (including phenoxy) is 1. The number of halogens is 2. The molecule has 1 N–H and O–H groups in total. The summed E-state index contributed by atoms with van der Waals surface area (Å²) in [5.41, 5.74) is 3.01. The number of nitrogens with one attached hydrogen (secondary N) is 1. The fraction of sp³-hybridized carbons (Fsp3) is 0.143. The average Bonchev–Trinajstić information content (AvgIpc) is 3.36. The molecule has 8 nitrogen and oxygen atoms in total. The van der Waals surface area contributed by atoms with Gasteiger partial charge in [-0.15, -0.1) is 0 Å². The van der Waals surface area contributed by atoms with Gasteiger partial charge >= 0.3 is 0 Å². The highest BCUT2D eigenvalue weighted by atomic mass is 19.2. The molecule has 5 rings (SSSR count). The van der Waals surface area contributed by atoms with Crippen molar-refractivity contribution in [3.05, 3.63) is 96.1 Å². The molecule has 0 atom stereocenters. The van der Waals surface area contributed by atoms with Crippen LogP contribution in [0.4, 0.5) is 20.3 Å². The second kappa shape index (κ2) is 10.3. The first-order valence-electron chi connectivity index (χ1n) is 11.9. The van der Waals surface area contributed by atoms with Gasteiger partial charge in [-0.1, -0.05) is 13.0 Å². The van der Waals surface area contributed by atoms with Gasteiger partial charge in [0.05, 0.1) is 11.9 Å². The molecule has 3 aromatic heterocycles. The van der Waals surface area contributed by atoms with Crippen molar-refractivity contribution in [2.24, 2.45) is 0 Å². The summed E-state index contributed by atoms with van der Waals surface area (Å²) < 4.78 is 37.1. The largest absolute Gasteiger partial charge is 0.436 e. The minimum atomic E-state index is -1.13. The van der Waals surface area contributed by atoms with Gasteiger partial charge in [-0.25, -0.2) is 19.3 Å². The number of aromatic nitrogens is 4. The van der Waals surface area contributed by atoms with Gasteiger partial charge in [0.2, 0.25) is 11.7 Å². The van der Waals surface area contributed by atoms with E-state index in [0.29, 0.717) is 29.1 Å². The molecule has 0 fully saturated rings. The molecule has 3 heterocycles. The fourth-order valence-corrected chi connectivity index (χ4v) is 4.09. The number of carbonyl (C=O) groups excluding carboxylic acids is 1. The van der Waals surface area contributed by atoms with E-state index in [0.717, 1.165) is 11.3 Å². The summed E-state index contributed by atoms with van der Waals surface area (Å²) in [6.07, 6.45) is 6.78. The first-order chi connectivity index (χ1) is 18.4. The molecule has 38 heavy (non-hydrogen) atoms. The number of pyridine rings is 1. The molecule has 2 aromatic carbocycles. The molecule has 0 aliphatic rings. The van der Waals surface area contributed by atoms with Gasteiger partial charge < -0.3 is 15.0 Å². The lowest BCUT2D eigenvalue weighted by Gasteiger charge is -2.15. The molecular formula is C28H24F2N6O2. The maximum Gasteiger partial charge on any atom is 0.253 e. The van der Waals surface area contributed by atoms with Crippen molar-refractivity contribution >= 4 is 23.1 Å². The number of aryl methyl sites for hydroxylation is 1. The SMILES string of the molecule is CCc1cc(Nc2nccn3c(-c4ccc(Oc5ccccn5)c(F)c4F)cnc23)ccc1C(=O)N(C)C. The molecule has 0 saturated heterocycles. The third-order valence-corrected chi connectivity index (χ3v) is 5.99. The van der Waals surface area contributed by atoms with Crippen LogP contribution >= 0.6 is 0 Å². The smallest absolute Gasteiger partial charge is 0.253 e. The van der Waals surface area contributed by atoms with Crippen LogP contribution in [-0.4, -0.2) is 44.3 Å². The Morgan fingerprint density at radius 2 is 1.87 bits per heavy atom. The number of amides is 1. The van der Waals surface area contributed by atoms with E-state index in [2.05, 4.69) is 20.3 Å². The van der Waals surface area contributed by atoms with Crippen LogP contribution in [0.5, 0.6) is 11.6 Å². The first-order valence-corrected chi connectivity index (χ1v) is 11.9. The number of rotatable bonds is 7. The third kappa shape index (κ3) is 4.63. The van der Waals surface area contributed by atoms with Crippen molar-refractivity contribution in [2.75, 3.05) is 19.4 Å². The second-order valence-electron chi connectivity index (χ2n) is 8.67. The average molecular weight is 515 g/mol. The highest BCUT2D eigenvalue weighted by Gasteiger charge is 2.20. The zero-order valence-electron chi connectivity index (χ0n) is 20.9. The predicted octanol–water partition coefficient (Wildman–Crippen LogP) is 5.87. The molecule has 0 saturated carbocycles. The molecule has 0 aliphatic carbocycles. The number of benzene rings is 2. The molecule has 192 valence electrons. The Balaban J connectivity index is 1.47. The van der Waals surface area contributed by atoms with Crippen molar-refractivity contribution in [2.45, 2.75) is 13.3 Å². The van der Waals surface area contributed by atoms with E-state index >= 15 is 4.39 Å². The van der Waals surface area contributed by atoms with Gasteiger partial charge in [-0.3, -0.25) is 9.20 Å². The second-order valence-corrected chi connectivity index (χ2v) is 8.67. The van der Waals surface area contributed by atoms with Crippen molar-refractivity contribution in [3.63, 3.8) is 0 Å². The Hall–Kier alpha value is -4.86. The number of anilines is 2. The molecule has 0 bridgehead atoms. The van der Waals surface area contributed by atoms with E-state index in [4.69, 9.17) is 4.74 Å². The maximum atomic E-state index is 15.2. The van der Waals surface area contributed by atoms with Crippen LogP contribution in [0, 0.1) is 11.6 Å². The molecular weight excluding hydrogens is 490 g/mol. The number of hydrogen-bond acceptors (Lipinski definition) is 6. The zero-order chi connectivity index (χ0) is 26.8. The highest BCUT2D eigenvalue weighted by molar-refractivity contribution is 5.96. The van der Waals surface area contributed by atoms with Crippen LogP contribution in [0.3, 0.4) is 0 Å². The normalized spacial score (nSPS) is 11.0. The Kier molecular flexibility index (Phi) is 6.69. The topological polar surface area (TPSA) is 84.6 Å². The number of imidazole rings is 1. The molecule has 0 unspecified atom stereocenters. The number of hydrogen-bond donors (Lipinski definition) is 1.